The van der Waals surface area contributed by atoms with Gasteiger partial charge in [0, 0.05) is 24.7 Å². The number of nitrogens with two attached hydrogens (primary N) is 1. The quantitative estimate of drug-likeness (QED) is 0.718. The third-order valence-corrected chi connectivity index (χ3v) is 2.99. The maximum Gasteiger partial charge on any atom is 0.236 e. The van der Waals surface area contributed by atoms with E-state index in [0.717, 1.165) is 25.2 Å². The molecule has 82 valence electrons. The minimum Gasteiger partial charge on any atom is -0.341 e. The van der Waals surface area contributed by atoms with Crippen molar-refractivity contribution in [3.05, 3.63) is 17.5 Å². The van der Waals surface area contributed by atoms with E-state index in [1.54, 1.807) is 0 Å². The van der Waals surface area contributed by atoms with Gasteiger partial charge in [-0.05, 0) is 18.9 Å². The van der Waals surface area contributed by atoms with Gasteiger partial charge in [0.25, 0.3) is 0 Å². The highest BCUT2D eigenvalue weighted by molar-refractivity contribution is 5.78. The van der Waals surface area contributed by atoms with Crippen LogP contribution in [-0.2, 0) is 4.79 Å². The van der Waals surface area contributed by atoms with Gasteiger partial charge >= 0.3 is 0 Å². The first-order valence-electron chi connectivity index (χ1n) is 5.20. The predicted octanol–water partition coefficient (Wildman–Crippen LogP) is -0.00728. The van der Waals surface area contributed by atoms with Crippen molar-refractivity contribution in [3.8, 4) is 0 Å². The zero-order valence-corrected chi connectivity index (χ0v) is 8.86. The van der Waals surface area contributed by atoms with E-state index in [1.165, 1.54) is 5.56 Å². The molecule has 1 amide bonds. The van der Waals surface area contributed by atoms with Crippen LogP contribution in [-0.4, -0.2) is 40.6 Å². The van der Waals surface area contributed by atoms with Crippen LogP contribution in [0.5, 0.6) is 0 Å². The van der Waals surface area contributed by atoms with Gasteiger partial charge in [-0.3, -0.25) is 9.89 Å². The summed E-state index contributed by atoms with van der Waals surface area (Å²) in [6.07, 6.45) is 2.82. The molecular formula is C10H16N4O. The molecule has 5 nitrogen and oxygen atoms in total. The molecule has 0 aliphatic carbocycles. The van der Waals surface area contributed by atoms with Crippen molar-refractivity contribution in [3.63, 3.8) is 0 Å². The summed E-state index contributed by atoms with van der Waals surface area (Å²) < 4.78 is 0. The topological polar surface area (TPSA) is 75.0 Å². The molecule has 1 aromatic heterocycles. The lowest BCUT2D eigenvalue weighted by molar-refractivity contribution is -0.128. The number of aryl methyl sites for hydroxylation is 1. The molecule has 1 fully saturated rings. The lowest BCUT2D eigenvalue weighted by Crippen LogP contribution is -2.33. The average molecular weight is 208 g/mol. The Morgan fingerprint density at radius 2 is 2.60 bits per heavy atom. The van der Waals surface area contributed by atoms with Crippen LogP contribution in [0.3, 0.4) is 0 Å². The predicted molar refractivity (Wildman–Crippen MR) is 56.3 cm³/mol. The first-order valence-corrected chi connectivity index (χ1v) is 5.20. The number of hydrogen-bond acceptors (Lipinski definition) is 3. The van der Waals surface area contributed by atoms with Crippen molar-refractivity contribution >= 4 is 5.91 Å². The third-order valence-electron chi connectivity index (χ3n) is 2.99. The summed E-state index contributed by atoms with van der Waals surface area (Å²) in [6, 6.07) is 0. The average Bonchev–Trinajstić information content (AvgIpc) is 2.84. The van der Waals surface area contributed by atoms with E-state index < -0.39 is 0 Å². The van der Waals surface area contributed by atoms with Crippen LogP contribution in [0, 0.1) is 6.92 Å². The maximum atomic E-state index is 11.4. The zero-order valence-electron chi connectivity index (χ0n) is 8.86. The molecule has 0 bridgehead atoms. The smallest absolute Gasteiger partial charge is 0.236 e. The van der Waals surface area contributed by atoms with E-state index in [0.29, 0.717) is 5.92 Å². The monoisotopic (exact) mass is 208 g/mol. The molecule has 1 aliphatic heterocycles. The Morgan fingerprint density at radius 3 is 3.20 bits per heavy atom. The second-order valence-corrected chi connectivity index (χ2v) is 4.00. The third kappa shape index (κ3) is 1.87. The van der Waals surface area contributed by atoms with Crippen LogP contribution in [0.15, 0.2) is 6.20 Å². The zero-order chi connectivity index (χ0) is 10.8. The second kappa shape index (κ2) is 4.02. The summed E-state index contributed by atoms with van der Waals surface area (Å²) in [5.74, 6) is 0.428. The molecular weight excluding hydrogens is 192 g/mol. The molecule has 1 saturated heterocycles. The van der Waals surface area contributed by atoms with Gasteiger partial charge in [-0.1, -0.05) is 0 Å². The molecule has 0 radical (unpaired) electrons. The number of nitrogens with zero attached hydrogens (tertiary/aromatic N) is 2. The Morgan fingerprint density at radius 1 is 1.80 bits per heavy atom. The van der Waals surface area contributed by atoms with Gasteiger partial charge < -0.3 is 10.6 Å². The highest BCUT2D eigenvalue weighted by Gasteiger charge is 2.28. The Balaban J connectivity index is 2.05. The SMILES string of the molecule is Cc1cn[nH]c1C1CCN(C(=O)CN)C1. The fourth-order valence-electron chi connectivity index (χ4n) is 2.12. The number of rotatable bonds is 2. The molecule has 0 spiro atoms. The van der Waals surface area contributed by atoms with Crippen LogP contribution in [0.1, 0.15) is 23.6 Å². The number of carbonyl (C=O) groups excluding carboxylic acids is 1. The molecule has 1 aromatic rings. The van der Waals surface area contributed by atoms with E-state index in [2.05, 4.69) is 10.2 Å². The number of H-pyrrole nitrogens is 1. The van der Waals surface area contributed by atoms with Gasteiger partial charge in [-0.2, -0.15) is 5.10 Å². The molecule has 1 aliphatic rings. The van der Waals surface area contributed by atoms with Crippen LogP contribution in [0.25, 0.3) is 0 Å². The van der Waals surface area contributed by atoms with Crippen molar-refractivity contribution in [1.82, 2.24) is 15.1 Å². The number of hydrogen-bond donors (Lipinski definition) is 2. The van der Waals surface area contributed by atoms with Gasteiger partial charge in [-0.15, -0.1) is 0 Å². The Hall–Kier alpha value is -1.36. The standard InChI is InChI=1S/C10H16N4O/c1-7-5-12-13-10(7)8-2-3-14(6-8)9(15)4-11/h5,8H,2-4,6,11H2,1H3,(H,12,13). The first-order chi connectivity index (χ1) is 7.22. The Labute approximate surface area is 88.6 Å². The summed E-state index contributed by atoms with van der Waals surface area (Å²) in [4.78, 5) is 13.2. The second-order valence-electron chi connectivity index (χ2n) is 4.00. The van der Waals surface area contributed by atoms with Crippen molar-refractivity contribution in [2.45, 2.75) is 19.3 Å². The lowest BCUT2D eigenvalue weighted by atomic mass is 10.0. The summed E-state index contributed by atoms with van der Waals surface area (Å²) in [7, 11) is 0. The molecule has 0 aromatic carbocycles. The maximum absolute atomic E-state index is 11.4. The van der Waals surface area contributed by atoms with E-state index in [1.807, 2.05) is 18.0 Å². The van der Waals surface area contributed by atoms with Gasteiger partial charge in [0.2, 0.25) is 5.91 Å². The van der Waals surface area contributed by atoms with E-state index in [-0.39, 0.29) is 12.5 Å². The van der Waals surface area contributed by atoms with Crippen molar-refractivity contribution < 1.29 is 4.79 Å². The van der Waals surface area contributed by atoms with Crippen molar-refractivity contribution in [2.24, 2.45) is 5.73 Å². The fourth-order valence-corrected chi connectivity index (χ4v) is 2.12. The molecule has 2 rings (SSSR count). The number of aromatic nitrogens is 2. The van der Waals surface area contributed by atoms with Gasteiger partial charge in [-0.25, -0.2) is 0 Å². The van der Waals surface area contributed by atoms with Gasteiger partial charge in [0.15, 0.2) is 0 Å². The molecule has 1 unspecified atom stereocenters. The molecule has 3 N–H and O–H groups in total. The van der Waals surface area contributed by atoms with E-state index in [4.69, 9.17) is 5.73 Å². The highest BCUT2D eigenvalue weighted by atomic mass is 16.2. The van der Waals surface area contributed by atoms with Crippen LogP contribution in [0.2, 0.25) is 0 Å². The summed E-state index contributed by atoms with van der Waals surface area (Å²) >= 11 is 0. The van der Waals surface area contributed by atoms with E-state index in [9.17, 15) is 4.79 Å². The normalized spacial score (nSPS) is 20.9. The largest absolute Gasteiger partial charge is 0.341 e. The number of likely N-dealkylation sites (tertiary alicyclic amines) is 1. The van der Waals surface area contributed by atoms with Crippen LogP contribution >= 0.6 is 0 Å². The van der Waals surface area contributed by atoms with Crippen molar-refractivity contribution in [2.75, 3.05) is 19.6 Å². The number of carbonyl (C=O) groups is 1. The molecule has 1 atom stereocenters. The van der Waals surface area contributed by atoms with Gasteiger partial charge in [0.05, 0.1) is 12.7 Å². The lowest BCUT2D eigenvalue weighted by Gasteiger charge is -2.14. The summed E-state index contributed by atoms with van der Waals surface area (Å²) in [5.41, 5.74) is 7.66. The van der Waals surface area contributed by atoms with Crippen LogP contribution < -0.4 is 5.73 Å². The molecule has 15 heavy (non-hydrogen) atoms. The summed E-state index contributed by atoms with van der Waals surface area (Å²) in [5, 5.41) is 7.01. The van der Waals surface area contributed by atoms with E-state index >= 15 is 0 Å². The summed E-state index contributed by atoms with van der Waals surface area (Å²) in [6.45, 7) is 3.71. The molecule has 0 saturated carbocycles. The Bertz CT molecular complexity index is 360. The minimum atomic E-state index is 0.0367. The number of aromatic amines is 1. The Kier molecular flexibility index (Phi) is 2.73. The highest BCUT2D eigenvalue weighted by Crippen LogP contribution is 2.27. The fraction of sp³-hybridized carbons (Fsp3) is 0.600. The molecule has 2 heterocycles. The molecule has 5 heteroatoms. The first kappa shape index (κ1) is 10.2. The van der Waals surface area contributed by atoms with Gasteiger partial charge in [0.1, 0.15) is 0 Å². The number of nitrogens with one attached hydrogen (secondary N) is 1. The van der Waals surface area contributed by atoms with Crippen LogP contribution in [0.4, 0.5) is 0 Å². The number of amides is 1. The minimum absolute atomic E-state index is 0.0367. The van der Waals surface area contributed by atoms with Crippen molar-refractivity contribution in [1.29, 1.82) is 0 Å².